The monoisotopic (exact) mass is 349 g/mol. The van der Waals surface area contributed by atoms with Crippen molar-refractivity contribution >= 4 is 44.0 Å². The van der Waals surface area contributed by atoms with E-state index in [2.05, 4.69) is 5.32 Å². The molecule has 0 aliphatic carbocycles. The van der Waals surface area contributed by atoms with Crippen molar-refractivity contribution in [3.63, 3.8) is 0 Å². The number of hydrogen-bond acceptors (Lipinski definition) is 4. The smallest absolute Gasteiger partial charge is 0.345 e. The van der Waals surface area contributed by atoms with Crippen LogP contribution in [0.25, 0.3) is 21.1 Å². The summed E-state index contributed by atoms with van der Waals surface area (Å²) in [6, 6.07) is 14.9. The van der Waals surface area contributed by atoms with Gasteiger partial charge in [-0.15, -0.1) is 11.3 Å². The van der Waals surface area contributed by atoms with Crippen molar-refractivity contribution in [1.29, 1.82) is 0 Å². The molecule has 0 aliphatic rings. The molecule has 0 fully saturated rings. The van der Waals surface area contributed by atoms with E-state index in [-0.39, 0.29) is 5.91 Å². The third-order valence-corrected chi connectivity index (χ3v) is 5.32. The van der Waals surface area contributed by atoms with Crippen molar-refractivity contribution in [1.82, 2.24) is 0 Å². The summed E-state index contributed by atoms with van der Waals surface area (Å²) in [5.41, 5.74) is 2.94. The molecule has 4 nitrogen and oxygen atoms in total. The second-order valence-electron chi connectivity index (χ2n) is 6.01. The van der Waals surface area contributed by atoms with Gasteiger partial charge in [0.2, 0.25) is 0 Å². The second kappa shape index (κ2) is 5.86. The van der Waals surface area contributed by atoms with Crippen LogP contribution < -0.4 is 10.9 Å². The van der Waals surface area contributed by atoms with Crippen molar-refractivity contribution in [2.45, 2.75) is 13.8 Å². The maximum atomic E-state index is 12.6. The minimum atomic E-state index is -0.419. The molecule has 0 saturated carbocycles. The standard InChI is InChI=1S/C20H15NO3S/c1-11-7-8-16-13(9-11)18-14(20(23)24-16)10-17(25-18)19(22)21-15-6-4-3-5-12(15)2/h3-10H,1-2H3,(H,21,22). The molecule has 0 spiro atoms. The van der Waals surface area contributed by atoms with E-state index < -0.39 is 5.63 Å². The summed E-state index contributed by atoms with van der Waals surface area (Å²) in [5.74, 6) is -0.226. The Kier molecular flexibility index (Phi) is 3.66. The van der Waals surface area contributed by atoms with Crippen LogP contribution in [0, 0.1) is 13.8 Å². The van der Waals surface area contributed by atoms with Gasteiger partial charge in [-0.3, -0.25) is 4.79 Å². The maximum absolute atomic E-state index is 12.6. The Morgan fingerprint density at radius 3 is 2.64 bits per heavy atom. The number of fused-ring (bicyclic) bond motifs is 3. The van der Waals surface area contributed by atoms with Gasteiger partial charge in [0.05, 0.1) is 15.0 Å². The van der Waals surface area contributed by atoms with Crippen LogP contribution in [0.4, 0.5) is 5.69 Å². The summed E-state index contributed by atoms with van der Waals surface area (Å²) in [5, 5.41) is 4.20. The molecule has 0 atom stereocenters. The van der Waals surface area contributed by atoms with E-state index in [1.54, 1.807) is 12.1 Å². The normalized spacial score (nSPS) is 11.1. The number of benzene rings is 2. The van der Waals surface area contributed by atoms with Gasteiger partial charge in [-0.2, -0.15) is 0 Å². The fourth-order valence-electron chi connectivity index (χ4n) is 2.82. The Bertz CT molecular complexity index is 1190. The van der Waals surface area contributed by atoms with Crippen LogP contribution in [0.15, 0.2) is 57.7 Å². The summed E-state index contributed by atoms with van der Waals surface area (Å²) in [6.07, 6.45) is 0. The number of nitrogens with one attached hydrogen (secondary N) is 1. The number of hydrogen-bond donors (Lipinski definition) is 1. The van der Waals surface area contributed by atoms with Gasteiger partial charge in [0.1, 0.15) is 5.58 Å². The minimum absolute atomic E-state index is 0.226. The summed E-state index contributed by atoms with van der Waals surface area (Å²) in [7, 11) is 0. The van der Waals surface area contributed by atoms with Crippen molar-refractivity contribution in [2.24, 2.45) is 0 Å². The molecule has 4 aromatic rings. The lowest BCUT2D eigenvalue weighted by atomic mass is 10.1. The molecule has 2 aromatic carbocycles. The predicted octanol–water partition coefficient (Wildman–Crippen LogP) is 4.88. The molecule has 124 valence electrons. The van der Waals surface area contributed by atoms with Gasteiger partial charge in [-0.1, -0.05) is 29.8 Å². The molecule has 0 bridgehead atoms. The molecular formula is C20H15NO3S. The van der Waals surface area contributed by atoms with Gasteiger partial charge in [-0.25, -0.2) is 4.79 Å². The molecule has 5 heteroatoms. The van der Waals surface area contributed by atoms with E-state index >= 15 is 0 Å². The number of aryl methyl sites for hydroxylation is 2. The Balaban J connectivity index is 1.83. The Hall–Kier alpha value is -2.92. The molecule has 4 rings (SSSR count). The number of carbonyl (C=O) groups excluding carboxylic acids is 1. The number of anilines is 1. The fourth-order valence-corrected chi connectivity index (χ4v) is 3.88. The Morgan fingerprint density at radius 2 is 1.84 bits per heavy atom. The lowest BCUT2D eigenvalue weighted by molar-refractivity contribution is 0.103. The molecular weight excluding hydrogens is 334 g/mol. The topological polar surface area (TPSA) is 59.3 Å². The third-order valence-electron chi connectivity index (χ3n) is 4.15. The first kappa shape index (κ1) is 15.6. The average molecular weight is 349 g/mol. The highest BCUT2D eigenvalue weighted by atomic mass is 32.1. The van der Waals surface area contributed by atoms with Gasteiger partial charge in [0.15, 0.2) is 0 Å². The second-order valence-corrected chi connectivity index (χ2v) is 7.06. The van der Waals surface area contributed by atoms with E-state index in [9.17, 15) is 9.59 Å². The van der Waals surface area contributed by atoms with Gasteiger partial charge < -0.3 is 9.73 Å². The Morgan fingerprint density at radius 1 is 1.04 bits per heavy atom. The quantitative estimate of drug-likeness (QED) is 0.525. The molecule has 1 N–H and O–H groups in total. The summed E-state index contributed by atoms with van der Waals surface area (Å²) < 4.78 is 6.16. The minimum Gasteiger partial charge on any atom is -0.422 e. The highest BCUT2D eigenvalue weighted by Gasteiger charge is 2.16. The lowest BCUT2D eigenvalue weighted by Crippen LogP contribution is -2.11. The van der Waals surface area contributed by atoms with Crippen LogP contribution in [0.2, 0.25) is 0 Å². The number of amides is 1. The molecule has 2 aromatic heterocycles. The summed E-state index contributed by atoms with van der Waals surface area (Å²) in [6.45, 7) is 3.92. The fraction of sp³-hybridized carbons (Fsp3) is 0.100. The molecule has 0 saturated heterocycles. The van der Waals surface area contributed by atoms with Gasteiger partial charge in [0.25, 0.3) is 5.91 Å². The molecule has 0 unspecified atom stereocenters. The number of thiophene rings is 1. The zero-order valence-electron chi connectivity index (χ0n) is 13.8. The van der Waals surface area contributed by atoms with Crippen LogP contribution in [0.3, 0.4) is 0 Å². The SMILES string of the molecule is Cc1ccc2oc(=O)c3cc(C(=O)Nc4ccccc4C)sc3c2c1. The third kappa shape index (κ3) is 2.72. The molecule has 0 radical (unpaired) electrons. The van der Waals surface area contributed by atoms with Crippen molar-refractivity contribution in [3.8, 4) is 0 Å². The zero-order chi connectivity index (χ0) is 17.6. The zero-order valence-corrected chi connectivity index (χ0v) is 14.6. The predicted molar refractivity (Wildman–Crippen MR) is 102 cm³/mol. The van der Waals surface area contributed by atoms with E-state index in [1.807, 2.05) is 50.2 Å². The van der Waals surface area contributed by atoms with Crippen LogP contribution in [0.5, 0.6) is 0 Å². The highest BCUT2D eigenvalue weighted by Crippen LogP contribution is 2.31. The molecule has 1 amide bonds. The lowest BCUT2D eigenvalue weighted by Gasteiger charge is -2.06. The van der Waals surface area contributed by atoms with E-state index in [0.717, 1.165) is 26.9 Å². The Labute approximate surface area is 147 Å². The van der Waals surface area contributed by atoms with Gasteiger partial charge in [0, 0.05) is 11.1 Å². The summed E-state index contributed by atoms with van der Waals surface area (Å²) >= 11 is 1.31. The molecule has 25 heavy (non-hydrogen) atoms. The van der Waals surface area contributed by atoms with E-state index in [1.165, 1.54) is 11.3 Å². The first-order valence-electron chi connectivity index (χ1n) is 7.87. The average Bonchev–Trinajstić information content (AvgIpc) is 3.04. The van der Waals surface area contributed by atoms with Crippen molar-refractivity contribution in [2.75, 3.05) is 5.32 Å². The first-order chi connectivity index (χ1) is 12.0. The van der Waals surface area contributed by atoms with Gasteiger partial charge in [-0.05, 0) is 43.7 Å². The number of rotatable bonds is 2. The van der Waals surface area contributed by atoms with E-state index in [0.29, 0.717) is 15.8 Å². The van der Waals surface area contributed by atoms with E-state index in [4.69, 9.17) is 4.42 Å². The maximum Gasteiger partial charge on any atom is 0.345 e. The van der Waals surface area contributed by atoms with Crippen LogP contribution in [-0.2, 0) is 0 Å². The van der Waals surface area contributed by atoms with Crippen LogP contribution in [0.1, 0.15) is 20.8 Å². The number of carbonyl (C=O) groups is 1. The van der Waals surface area contributed by atoms with Gasteiger partial charge >= 0.3 is 5.63 Å². The first-order valence-corrected chi connectivity index (χ1v) is 8.68. The molecule has 0 aliphatic heterocycles. The molecule has 2 heterocycles. The number of para-hydroxylation sites is 1. The van der Waals surface area contributed by atoms with Crippen molar-refractivity contribution < 1.29 is 9.21 Å². The largest absolute Gasteiger partial charge is 0.422 e. The van der Waals surface area contributed by atoms with Crippen LogP contribution in [-0.4, -0.2) is 5.91 Å². The van der Waals surface area contributed by atoms with Crippen molar-refractivity contribution in [3.05, 3.63) is 75.0 Å². The highest BCUT2D eigenvalue weighted by molar-refractivity contribution is 7.21. The summed E-state index contributed by atoms with van der Waals surface area (Å²) in [4.78, 5) is 25.3. The van der Waals surface area contributed by atoms with Crippen LogP contribution >= 0.6 is 11.3 Å².